The van der Waals surface area contributed by atoms with Crippen LogP contribution in [0, 0.1) is 6.92 Å². The van der Waals surface area contributed by atoms with Crippen LogP contribution in [-0.2, 0) is 6.54 Å². The fraction of sp³-hybridized carbons (Fsp3) is 0.0833. The number of aromatic nitrogens is 2. The maximum atomic E-state index is 11.9. The van der Waals surface area contributed by atoms with Gasteiger partial charge >= 0.3 is 5.97 Å². The highest BCUT2D eigenvalue weighted by atomic mass is 16.4. The zero-order valence-electron chi connectivity index (χ0n) is 15.5. The van der Waals surface area contributed by atoms with E-state index in [-0.39, 0.29) is 5.69 Å². The molecule has 0 unspecified atom stereocenters. The van der Waals surface area contributed by atoms with Crippen molar-refractivity contribution in [1.82, 2.24) is 9.55 Å². The van der Waals surface area contributed by atoms with Crippen molar-refractivity contribution in [1.29, 1.82) is 0 Å². The molecule has 4 heteroatoms. The molecule has 0 bridgehead atoms. The molecule has 0 amide bonds. The van der Waals surface area contributed by atoms with Gasteiger partial charge in [0.05, 0.1) is 11.2 Å². The quantitative estimate of drug-likeness (QED) is 0.511. The number of hydrogen-bond acceptors (Lipinski definition) is 2. The number of allylic oxidation sites excluding steroid dienone is 1. The molecule has 138 valence electrons. The van der Waals surface area contributed by atoms with E-state index in [4.69, 9.17) is 0 Å². The summed E-state index contributed by atoms with van der Waals surface area (Å²) < 4.78 is 1.82. The van der Waals surface area contributed by atoms with Crippen LogP contribution in [0.5, 0.6) is 0 Å². The predicted molar refractivity (Wildman–Crippen MR) is 112 cm³/mol. The first-order chi connectivity index (χ1) is 13.6. The van der Waals surface area contributed by atoms with E-state index in [1.807, 2.05) is 78.2 Å². The molecule has 2 aromatic carbocycles. The Morgan fingerprint density at radius 3 is 2.64 bits per heavy atom. The first-order valence-electron chi connectivity index (χ1n) is 9.13. The zero-order chi connectivity index (χ0) is 19.5. The minimum atomic E-state index is -0.945. The number of carbonyl (C=O) groups is 1. The third-order valence-corrected chi connectivity index (χ3v) is 4.74. The summed E-state index contributed by atoms with van der Waals surface area (Å²) in [6.07, 6.45) is 5.72. The molecule has 4 aromatic rings. The summed E-state index contributed by atoms with van der Waals surface area (Å²) in [6, 6.07) is 21.6. The monoisotopic (exact) mass is 368 g/mol. The van der Waals surface area contributed by atoms with Gasteiger partial charge in [-0.25, -0.2) is 4.79 Å². The van der Waals surface area contributed by atoms with Gasteiger partial charge in [0.2, 0.25) is 0 Å². The first kappa shape index (κ1) is 17.7. The Kier molecular flexibility index (Phi) is 4.77. The fourth-order valence-corrected chi connectivity index (χ4v) is 3.44. The average Bonchev–Trinajstić information content (AvgIpc) is 3.08. The lowest BCUT2D eigenvalue weighted by Crippen LogP contribution is -2.07. The van der Waals surface area contributed by atoms with Crippen LogP contribution in [-0.4, -0.2) is 20.6 Å². The molecule has 0 aliphatic rings. The summed E-state index contributed by atoms with van der Waals surface area (Å²) >= 11 is 0. The topological polar surface area (TPSA) is 55.1 Å². The van der Waals surface area contributed by atoms with E-state index in [2.05, 4.69) is 11.1 Å². The van der Waals surface area contributed by atoms with Crippen molar-refractivity contribution in [2.75, 3.05) is 0 Å². The van der Waals surface area contributed by atoms with Crippen molar-refractivity contribution in [3.05, 3.63) is 95.8 Å². The number of rotatable bonds is 5. The molecule has 1 N–H and O–H groups in total. The van der Waals surface area contributed by atoms with Crippen molar-refractivity contribution in [3.63, 3.8) is 0 Å². The van der Waals surface area contributed by atoms with Crippen molar-refractivity contribution in [2.24, 2.45) is 0 Å². The number of pyridine rings is 1. The molecule has 4 rings (SSSR count). The average molecular weight is 368 g/mol. The summed E-state index contributed by atoms with van der Waals surface area (Å²) in [4.78, 5) is 16.4. The summed E-state index contributed by atoms with van der Waals surface area (Å²) in [5.41, 5.74) is 5.13. The van der Waals surface area contributed by atoms with E-state index >= 15 is 0 Å². The molecular weight excluding hydrogens is 348 g/mol. The number of carboxylic acid groups (broad SMARTS) is 1. The molecule has 0 spiro atoms. The van der Waals surface area contributed by atoms with Crippen molar-refractivity contribution in [2.45, 2.75) is 13.5 Å². The highest BCUT2D eigenvalue weighted by Crippen LogP contribution is 2.30. The molecule has 28 heavy (non-hydrogen) atoms. The second-order valence-corrected chi connectivity index (χ2v) is 6.72. The third kappa shape index (κ3) is 3.45. The van der Waals surface area contributed by atoms with Crippen molar-refractivity contribution >= 4 is 22.9 Å². The standard InChI is InChI=1S/C24H20N2O2/c1-17-7-5-11-19(15-17)23-20-16-22(24(27)28)26(21(20)12-13-25-23)14-6-10-18-8-3-2-4-9-18/h2-13,15-16H,14H2,1H3,(H,27,28)/b10-6+. The van der Waals surface area contributed by atoms with E-state index in [0.29, 0.717) is 6.54 Å². The van der Waals surface area contributed by atoms with Gasteiger partial charge in [-0.05, 0) is 30.7 Å². The van der Waals surface area contributed by atoms with Crippen LogP contribution in [0.4, 0.5) is 0 Å². The van der Waals surface area contributed by atoms with Gasteiger partial charge in [0.25, 0.3) is 0 Å². The van der Waals surface area contributed by atoms with Gasteiger partial charge in [0.15, 0.2) is 0 Å². The Hall–Kier alpha value is -3.66. The molecule has 2 heterocycles. The van der Waals surface area contributed by atoms with Crippen LogP contribution in [0.2, 0.25) is 0 Å². The maximum absolute atomic E-state index is 11.9. The van der Waals surface area contributed by atoms with Crippen LogP contribution in [0.25, 0.3) is 28.2 Å². The van der Waals surface area contributed by atoms with Gasteiger partial charge in [-0.1, -0.05) is 66.2 Å². The minimum absolute atomic E-state index is 0.259. The van der Waals surface area contributed by atoms with Crippen molar-refractivity contribution < 1.29 is 9.90 Å². The summed E-state index contributed by atoms with van der Waals surface area (Å²) in [6.45, 7) is 2.50. The normalized spacial score (nSPS) is 11.3. The number of fused-ring (bicyclic) bond motifs is 1. The summed E-state index contributed by atoms with van der Waals surface area (Å²) in [5.74, 6) is -0.945. The number of nitrogens with zero attached hydrogens (tertiary/aromatic N) is 2. The Balaban J connectivity index is 1.80. The fourth-order valence-electron chi connectivity index (χ4n) is 3.44. The molecule has 2 aromatic heterocycles. The Bertz CT molecular complexity index is 1170. The zero-order valence-corrected chi connectivity index (χ0v) is 15.5. The van der Waals surface area contributed by atoms with Gasteiger partial charge in [-0.2, -0.15) is 0 Å². The van der Waals surface area contributed by atoms with Crippen LogP contribution in [0.3, 0.4) is 0 Å². The van der Waals surface area contributed by atoms with Gasteiger partial charge < -0.3 is 9.67 Å². The highest BCUT2D eigenvalue weighted by Gasteiger charge is 2.17. The number of carboxylic acids is 1. The molecule has 0 aliphatic heterocycles. The highest BCUT2D eigenvalue weighted by molar-refractivity contribution is 6.00. The molecule has 0 saturated carbocycles. The third-order valence-electron chi connectivity index (χ3n) is 4.74. The molecular formula is C24H20N2O2. The lowest BCUT2D eigenvalue weighted by molar-refractivity contribution is 0.0686. The first-order valence-corrected chi connectivity index (χ1v) is 9.13. The van der Waals surface area contributed by atoms with Gasteiger partial charge in [0.1, 0.15) is 5.69 Å². The molecule has 0 fully saturated rings. The smallest absolute Gasteiger partial charge is 0.352 e. The molecule has 0 atom stereocenters. The Morgan fingerprint density at radius 1 is 1.07 bits per heavy atom. The lowest BCUT2D eigenvalue weighted by atomic mass is 10.1. The number of benzene rings is 2. The van der Waals surface area contributed by atoms with E-state index in [9.17, 15) is 9.90 Å². The maximum Gasteiger partial charge on any atom is 0.352 e. The lowest BCUT2D eigenvalue weighted by Gasteiger charge is -2.07. The van der Waals surface area contributed by atoms with E-state index in [1.54, 1.807) is 12.3 Å². The van der Waals surface area contributed by atoms with Crippen LogP contribution in [0.15, 0.2) is 79.0 Å². The Morgan fingerprint density at radius 2 is 1.89 bits per heavy atom. The number of hydrogen-bond donors (Lipinski definition) is 1. The van der Waals surface area contributed by atoms with Crippen LogP contribution >= 0.6 is 0 Å². The number of aromatic carboxylic acids is 1. The van der Waals surface area contributed by atoms with Gasteiger partial charge in [-0.15, -0.1) is 0 Å². The summed E-state index contributed by atoms with van der Waals surface area (Å²) in [5, 5.41) is 10.6. The SMILES string of the molecule is Cc1cccc(-c2nccc3c2cc(C(=O)O)n3C/C=C/c2ccccc2)c1. The van der Waals surface area contributed by atoms with Crippen LogP contribution in [0.1, 0.15) is 21.6 Å². The number of aryl methyl sites for hydroxylation is 1. The van der Waals surface area contributed by atoms with E-state index in [1.165, 1.54) is 0 Å². The molecule has 0 aliphatic carbocycles. The minimum Gasteiger partial charge on any atom is -0.477 e. The van der Waals surface area contributed by atoms with Gasteiger partial charge in [0, 0.05) is 23.7 Å². The largest absolute Gasteiger partial charge is 0.477 e. The van der Waals surface area contributed by atoms with Gasteiger partial charge in [-0.3, -0.25) is 4.98 Å². The molecule has 4 nitrogen and oxygen atoms in total. The Labute approximate surface area is 163 Å². The molecule has 0 saturated heterocycles. The van der Waals surface area contributed by atoms with E-state index < -0.39 is 5.97 Å². The van der Waals surface area contributed by atoms with E-state index in [0.717, 1.165) is 33.3 Å². The summed E-state index contributed by atoms with van der Waals surface area (Å²) in [7, 11) is 0. The predicted octanol–water partition coefficient (Wildman–Crippen LogP) is 5.42. The second-order valence-electron chi connectivity index (χ2n) is 6.72. The van der Waals surface area contributed by atoms with Crippen LogP contribution < -0.4 is 0 Å². The van der Waals surface area contributed by atoms with Crippen molar-refractivity contribution in [3.8, 4) is 11.3 Å². The second kappa shape index (κ2) is 7.53. The molecule has 0 radical (unpaired) electrons.